The number of halogens is 1. The van der Waals surface area contributed by atoms with E-state index in [2.05, 4.69) is 15.3 Å². The molecule has 1 saturated heterocycles. The van der Waals surface area contributed by atoms with E-state index in [0.717, 1.165) is 37.7 Å². The van der Waals surface area contributed by atoms with Crippen LogP contribution in [0.15, 0.2) is 60.8 Å². The molecule has 4 rings (SSSR count). The number of carbonyl (C=O) groups excluding carboxylic acids is 1. The smallest absolute Gasteiger partial charge is 0.265 e. The van der Waals surface area contributed by atoms with Crippen molar-refractivity contribution in [1.29, 1.82) is 0 Å². The van der Waals surface area contributed by atoms with Gasteiger partial charge in [-0.2, -0.15) is 0 Å². The summed E-state index contributed by atoms with van der Waals surface area (Å²) >= 11 is 6.24. The molecule has 0 aliphatic carbocycles. The van der Waals surface area contributed by atoms with Crippen molar-refractivity contribution in [2.45, 2.75) is 13.0 Å². The first-order valence-electron chi connectivity index (χ1n) is 9.81. The van der Waals surface area contributed by atoms with Crippen LogP contribution in [-0.2, 0) is 9.53 Å². The van der Waals surface area contributed by atoms with Crippen LogP contribution < -0.4 is 15.0 Å². The molecule has 2 heterocycles. The van der Waals surface area contributed by atoms with Crippen molar-refractivity contribution >= 4 is 28.9 Å². The summed E-state index contributed by atoms with van der Waals surface area (Å²) in [4.78, 5) is 14.8. The average Bonchev–Trinajstić information content (AvgIpc) is 3.15. The van der Waals surface area contributed by atoms with Crippen LogP contribution in [0.5, 0.6) is 5.88 Å². The van der Waals surface area contributed by atoms with Crippen molar-refractivity contribution < 1.29 is 14.3 Å². The molecule has 0 unspecified atom stereocenters. The number of para-hydroxylation sites is 1. The summed E-state index contributed by atoms with van der Waals surface area (Å²) in [5, 5.41) is 7.55. The molecule has 2 aromatic carbocycles. The van der Waals surface area contributed by atoms with Gasteiger partial charge in [-0.3, -0.25) is 4.79 Å². The van der Waals surface area contributed by atoms with Gasteiger partial charge in [0, 0.05) is 24.5 Å². The number of nitrogens with zero attached hydrogens (tertiary/aromatic N) is 3. The van der Waals surface area contributed by atoms with Crippen LogP contribution in [0.1, 0.15) is 6.92 Å². The van der Waals surface area contributed by atoms with E-state index in [0.29, 0.717) is 10.7 Å². The number of rotatable bonds is 6. The summed E-state index contributed by atoms with van der Waals surface area (Å²) in [6.07, 6.45) is 0.891. The second-order valence-corrected chi connectivity index (χ2v) is 7.37. The number of hydrogen-bond donors (Lipinski definition) is 1. The summed E-state index contributed by atoms with van der Waals surface area (Å²) in [5.74, 6) is -0.0646. The molecular formula is C22H23ClN4O3. The first kappa shape index (κ1) is 20.3. The van der Waals surface area contributed by atoms with Gasteiger partial charge in [-0.05, 0) is 43.3 Å². The Bertz CT molecular complexity index is 985. The highest BCUT2D eigenvalue weighted by Crippen LogP contribution is 2.25. The minimum atomic E-state index is -0.763. The molecule has 1 fully saturated rings. The Balaban J connectivity index is 1.36. The van der Waals surface area contributed by atoms with Gasteiger partial charge in [0.05, 0.1) is 25.1 Å². The number of hydrogen-bond acceptors (Lipinski definition) is 5. The van der Waals surface area contributed by atoms with Crippen LogP contribution in [0.2, 0.25) is 5.02 Å². The molecule has 7 nitrogen and oxygen atoms in total. The molecule has 156 valence electrons. The second kappa shape index (κ2) is 9.19. The summed E-state index contributed by atoms with van der Waals surface area (Å²) in [6, 6.07) is 17.3. The van der Waals surface area contributed by atoms with E-state index in [1.165, 1.54) is 0 Å². The van der Waals surface area contributed by atoms with E-state index in [4.69, 9.17) is 21.1 Å². The first-order valence-corrected chi connectivity index (χ1v) is 10.2. The third kappa shape index (κ3) is 4.75. The van der Waals surface area contributed by atoms with Gasteiger partial charge >= 0.3 is 0 Å². The number of aromatic nitrogens is 2. The van der Waals surface area contributed by atoms with Gasteiger partial charge in [0.15, 0.2) is 6.10 Å². The highest BCUT2D eigenvalue weighted by molar-refractivity contribution is 6.31. The zero-order valence-electron chi connectivity index (χ0n) is 16.6. The zero-order valence-corrected chi connectivity index (χ0v) is 17.4. The second-order valence-electron chi connectivity index (χ2n) is 6.96. The van der Waals surface area contributed by atoms with Gasteiger partial charge in [0.25, 0.3) is 11.8 Å². The van der Waals surface area contributed by atoms with Crippen molar-refractivity contribution in [3.05, 3.63) is 65.8 Å². The number of anilines is 2. The van der Waals surface area contributed by atoms with Gasteiger partial charge in [0.2, 0.25) is 0 Å². The largest absolute Gasteiger partial charge is 0.462 e. The standard InChI is InChI=1S/C22H23ClN4O3/c1-16(30-22-20(23)15-27(25-22)19-5-3-2-4-6-19)21(28)24-17-7-9-18(10-8-17)26-11-13-29-14-12-26/h2-10,15-16H,11-14H2,1H3,(H,24,28)/t16-/m1/s1. The van der Waals surface area contributed by atoms with E-state index >= 15 is 0 Å². The van der Waals surface area contributed by atoms with E-state index in [-0.39, 0.29) is 11.8 Å². The Kier molecular flexibility index (Phi) is 6.21. The zero-order chi connectivity index (χ0) is 20.9. The molecule has 1 aliphatic rings. The fraction of sp³-hybridized carbons (Fsp3) is 0.273. The predicted octanol–water partition coefficient (Wildman–Crippen LogP) is 3.77. The lowest BCUT2D eigenvalue weighted by Gasteiger charge is -2.28. The van der Waals surface area contributed by atoms with Crippen LogP contribution in [0.3, 0.4) is 0 Å². The lowest BCUT2D eigenvalue weighted by Crippen LogP contribution is -2.36. The quantitative estimate of drug-likeness (QED) is 0.649. The molecule has 0 radical (unpaired) electrons. The van der Waals surface area contributed by atoms with Crippen LogP contribution in [0, 0.1) is 0 Å². The third-order valence-electron chi connectivity index (χ3n) is 4.83. The third-order valence-corrected chi connectivity index (χ3v) is 5.09. The van der Waals surface area contributed by atoms with Crippen LogP contribution >= 0.6 is 11.6 Å². The van der Waals surface area contributed by atoms with Crippen molar-refractivity contribution in [2.75, 3.05) is 36.5 Å². The Hall–Kier alpha value is -3.03. The fourth-order valence-corrected chi connectivity index (χ4v) is 3.35. The monoisotopic (exact) mass is 426 g/mol. The number of nitrogens with one attached hydrogen (secondary N) is 1. The predicted molar refractivity (Wildman–Crippen MR) is 117 cm³/mol. The van der Waals surface area contributed by atoms with Gasteiger partial charge in [-0.15, -0.1) is 5.10 Å². The fourth-order valence-electron chi connectivity index (χ4n) is 3.17. The molecule has 1 atom stereocenters. The number of benzene rings is 2. The van der Waals surface area contributed by atoms with Crippen LogP contribution in [0.4, 0.5) is 11.4 Å². The topological polar surface area (TPSA) is 68.6 Å². The molecule has 1 amide bonds. The molecule has 1 N–H and O–H groups in total. The highest BCUT2D eigenvalue weighted by atomic mass is 35.5. The number of carbonyl (C=O) groups is 1. The van der Waals surface area contributed by atoms with Gasteiger partial charge in [-0.1, -0.05) is 29.8 Å². The van der Waals surface area contributed by atoms with Crippen LogP contribution in [0.25, 0.3) is 5.69 Å². The number of amides is 1. The molecule has 3 aromatic rings. The summed E-state index contributed by atoms with van der Waals surface area (Å²) in [6.45, 7) is 4.86. The molecular weight excluding hydrogens is 404 g/mol. The molecule has 0 saturated carbocycles. The van der Waals surface area contributed by atoms with Crippen molar-refractivity contribution in [3.8, 4) is 11.6 Å². The number of ether oxygens (including phenoxy) is 2. The average molecular weight is 427 g/mol. The molecule has 1 aromatic heterocycles. The van der Waals surface area contributed by atoms with E-state index in [9.17, 15) is 4.79 Å². The maximum Gasteiger partial charge on any atom is 0.265 e. The minimum absolute atomic E-state index is 0.214. The van der Waals surface area contributed by atoms with E-state index in [1.807, 2.05) is 54.6 Å². The lowest BCUT2D eigenvalue weighted by atomic mass is 10.2. The summed E-state index contributed by atoms with van der Waals surface area (Å²) < 4.78 is 12.7. The molecule has 0 spiro atoms. The van der Waals surface area contributed by atoms with E-state index in [1.54, 1.807) is 17.8 Å². The van der Waals surface area contributed by atoms with Gasteiger partial charge in [0.1, 0.15) is 5.02 Å². The summed E-state index contributed by atoms with van der Waals surface area (Å²) in [7, 11) is 0. The first-order chi connectivity index (χ1) is 14.6. The molecule has 30 heavy (non-hydrogen) atoms. The van der Waals surface area contributed by atoms with E-state index < -0.39 is 6.10 Å². The Morgan fingerprint density at radius 3 is 2.50 bits per heavy atom. The lowest BCUT2D eigenvalue weighted by molar-refractivity contribution is -0.122. The van der Waals surface area contributed by atoms with Gasteiger partial charge in [-0.25, -0.2) is 4.68 Å². The van der Waals surface area contributed by atoms with Crippen LogP contribution in [-0.4, -0.2) is 48.1 Å². The normalized spacial score (nSPS) is 14.9. The Labute approximate surface area is 180 Å². The Morgan fingerprint density at radius 2 is 1.80 bits per heavy atom. The van der Waals surface area contributed by atoms with Crippen molar-refractivity contribution in [3.63, 3.8) is 0 Å². The van der Waals surface area contributed by atoms with Gasteiger partial charge < -0.3 is 19.7 Å². The SMILES string of the molecule is C[C@@H](Oc1nn(-c2ccccc2)cc1Cl)C(=O)Nc1ccc(N2CCOCC2)cc1. The van der Waals surface area contributed by atoms with Crippen molar-refractivity contribution in [1.82, 2.24) is 9.78 Å². The highest BCUT2D eigenvalue weighted by Gasteiger charge is 2.19. The molecule has 1 aliphatic heterocycles. The van der Waals surface area contributed by atoms with Crippen molar-refractivity contribution in [2.24, 2.45) is 0 Å². The Morgan fingerprint density at radius 1 is 1.10 bits per heavy atom. The maximum absolute atomic E-state index is 12.6. The maximum atomic E-state index is 12.6. The molecule has 0 bridgehead atoms. The number of morpholine rings is 1. The minimum Gasteiger partial charge on any atom is -0.462 e. The molecule has 8 heteroatoms. The summed E-state index contributed by atoms with van der Waals surface area (Å²) in [5.41, 5.74) is 2.67.